The standard InChI is InChI=1S/C14H28O4Si/c1-5-9-11-17-13(15)19(7-3,8-4)14(16)18-12-10-6-2/h5-12H2,1-4H3. The van der Waals surface area contributed by atoms with E-state index in [-0.39, 0.29) is 11.2 Å². The molecule has 0 saturated heterocycles. The molecule has 0 aromatic heterocycles. The molecular weight excluding hydrogens is 260 g/mol. The molecule has 0 heterocycles. The summed E-state index contributed by atoms with van der Waals surface area (Å²) in [6, 6.07) is 1.11. The van der Waals surface area contributed by atoms with Gasteiger partial charge >= 0.3 is 8.07 Å². The first-order valence-electron chi connectivity index (χ1n) is 7.43. The van der Waals surface area contributed by atoms with Gasteiger partial charge in [0.25, 0.3) is 11.2 Å². The molecular formula is C14H28O4Si. The third-order valence-electron chi connectivity index (χ3n) is 3.45. The van der Waals surface area contributed by atoms with Crippen molar-refractivity contribution >= 4 is 19.3 Å². The molecule has 0 aromatic carbocycles. The third kappa shape index (κ3) is 5.34. The van der Waals surface area contributed by atoms with Gasteiger partial charge in [-0.05, 0) is 24.9 Å². The van der Waals surface area contributed by atoms with Gasteiger partial charge in [0, 0.05) is 0 Å². The zero-order chi connectivity index (χ0) is 14.7. The minimum atomic E-state index is -2.77. The molecule has 0 rings (SSSR count). The largest absolute Gasteiger partial charge is 0.470 e. The molecule has 19 heavy (non-hydrogen) atoms. The summed E-state index contributed by atoms with van der Waals surface area (Å²) >= 11 is 0. The van der Waals surface area contributed by atoms with Crippen molar-refractivity contribution in [3.05, 3.63) is 0 Å². The second kappa shape index (κ2) is 10.0. The molecule has 0 aliphatic carbocycles. The molecule has 0 amide bonds. The lowest BCUT2D eigenvalue weighted by atomic mass is 10.4. The number of hydrogen-bond acceptors (Lipinski definition) is 4. The highest BCUT2D eigenvalue weighted by Gasteiger charge is 2.49. The summed E-state index contributed by atoms with van der Waals surface area (Å²) in [6.45, 7) is 8.67. The minimum Gasteiger partial charge on any atom is -0.470 e. The molecule has 0 atom stereocenters. The number of unbranched alkanes of at least 4 members (excludes halogenated alkanes) is 2. The van der Waals surface area contributed by atoms with Crippen molar-refractivity contribution in [2.75, 3.05) is 13.2 Å². The lowest BCUT2D eigenvalue weighted by Crippen LogP contribution is -2.52. The summed E-state index contributed by atoms with van der Waals surface area (Å²) in [7, 11) is -2.77. The van der Waals surface area contributed by atoms with E-state index in [1.54, 1.807) is 0 Å². The Morgan fingerprint density at radius 1 is 0.789 bits per heavy atom. The van der Waals surface area contributed by atoms with Gasteiger partial charge in [-0.3, -0.25) is 9.59 Å². The van der Waals surface area contributed by atoms with Gasteiger partial charge in [-0.15, -0.1) is 0 Å². The molecule has 0 aliphatic rings. The molecule has 0 spiro atoms. The fourth-order valence-electron chi connectivity index (χ4n) is 1.81. The fraction of sp³-hybridized carbons (Fsp3) is 0.857. The monoisotopic (exact) mass is 288 g/mol. The minimum absolute atomic E-state index is 0.299. The first-order chi connectivity index (χ1) is 9.08. The van der Waals surface area contributed by atoms with E-state index in [1.165, 1.54) is 0 Å². The van der Waals surface area contributed by atoms with Gasteiger partial charge in [0.05, 0.1) is 13.2 Å². The van der Waals surface area contributed by atoms with E-state index in [0.29, 0.717) is 25.3 Å². The van der Waals surface area contributed by atoms with Crippen LogP contribution in [0, 0.1) is 0 Å². The first kappa shape index (κ1) is 18.2. The van der Waals surface area contributed by atoms with E-state index in [1.807, 2.05) is 27.7 Å². The summed E-state index contributed by atoms with van der Waals surface area (Å²) in [4.78, 5) is 24.4. The summed E-state index contributed by atoms with van der Waals surface area (Å²) in [6.07, 6.45) is 3.63. The molecule has 5 heteroatoms. The van der Waals surface area contributed by atoms with Crippen LogP contribution in [-0.4, -0.2) is 32.5 Å². The van der Waals surface area contributed by atoms with E-state index in [2.05, 4.69) is 0 Å². The molecule has 0 saturated carbocycles. The maximum Gasteiger partial charge on any atom is 0.311 e. The Labute approximate surface area is 117 Å². The van der Waals surface area contributed by atoms with Crippen LogP contribution in [0.1, 0.15) is 53.4 Å². The number of ether oxygens (including phenoxy) is 2. The van der Waals surface area contributed by atoms with Crippen LogP contribution in [0.2, 0.25) is 12.1 Å². The Morgan fingerprint density at radius 3 is 1.42 bits per heavy atom. The van der Waals surface area contributed by atoms with Crippen LogP contribution in [0.3, 0.4) is 0 Å². The highest BCUT2D eigenvalue weighted by atomic mass is 28.3. The average Bonchev–Trinajstić information content (AvgIpc) is 2.41. The van der Waals surface area contributed by atoms with Crippen LogP contribution < -0.4 is 0 Å². The first-order valence-corrected chi connectivity index (χ1v) is 9.84. The molecule has 0 radical (unpaired) electrons. The lowest BCUT2D eigenvalue weighted by molar-refractivity contribution is 0.158. The number of carbonyl (C=O) groups is 2. The van der Waals surface area contributed by atoms with Crippen LogP contribution in [0.5, 0.6) is 0 Å². The lowest BCUT2D eigenvalue weighted by Gasteiger charge is -2.24. The molecule has 0 unspecified atom stereocenters. The SMILES string of the molecule is CCCCOC(=O)[Si](CC)(CC)C(=O)OCCCC. The van der Waals surface area contributed by atoms with Crippen molar-refractivity contribution in [2.24, 2.45) is 0 Å². The predicted octanol–water partition coefficient (Wildman–Crippen LogP) is 4.51. The molecule has 112 valence electrons. The summed E-state index contributed by atoms with van der Waals surface area (Å²) in [5.74, 6) is 0. The molecule has 0 aromatic rings. The zero-order valence-electron chi connectivity index (χ0n) is 12.8. The van der Waals surface area contributed by atoms with Crippen LogP contribution >= 0.6 is 0 Å². The van der Waals surface area contributed by atoms with Crippen molar-refractivity contribution in [2.45, 2.75) is 65.5 Å². The van der Waals surface area contributed by atoms with Crippen LogP contribution in [-0.2, 0) is 9.47 Å². The van der Waals surface area contributed by atoms with Crippen molar-refractivity contribution in [1.29, 1.82) is 0 Å². The van der Waals surface area contributed by atoms with Crippen molar-refractivity contribution < 1.29 is 19.1 Å². The van der Waals surface area contributed by atoms with Gasteiger partial charge in [0.2, 0.25) is 0 Å². The van der Waals surface area contributed by atoms with Crippen LogP contribution in [0.4, 0.5) is 9.59 Å². The molecule has 4 nitrogen and oxygen atoms in total. The van der Waals surface area contributed by atoms with Gasteiger partial charge in [0.1, 0.15) is 0 Å². The normalized spacial score (nSPS) is 11.2. The van der Waals surface area contributed by atoms with E-state index >= 15 is 0 Å². The summed E-state index contributed by atoms with van der Waals surface area (Å²) in [5, 5.41) is 0. The highest BCUT2D eigenvalue weighted by Crippen LogP contribution is 2.21. The average molecular weight is 288 g/mol. The third-order valence-corrected chi connectivity index (χ3v) is 7.72. The van der Waals surface area contributed by atoms with Gasteiger partial charge in [-0.1, -0.05) is 40.5 Å². The Hall–Kier alpha value is -0.843. The van der Waals surface area contributed by atoms with Crippen molar-refractivity contribution in [1.82, 2.24) is 0 Å². The topological polar surface area (TPSA) is 52.6 Å². The summed E-state index contributed by atoms with van der Waals surface area (Å²) in [5.41, 5.74) is -0.597. The van der Waals surface area contributed by atoms with Gasteiger partial charge in [0.15, 0.2) is 0 Å². The smallest absolute Gasteiger partial charge is 0.311 e. The fourth-order valence-corrected chi connectivity index (χ4v) is 4.38. The quantitative estimate of drug-likeness (QED) is 0.438. The van der Waals surface area contributed by atoms with Gasteiger partial charge in [-0.2, -0.15) is 0 Å². The van der Waals surface area contributed by atoms with E-state index in [4.69, 9.17) is 9.47 Å². The summed E-state index contributed by atoms with van der Waals surface area (Å²) < 4.78 is 10.6. The number of hydrogen-bond donors (Lipinski definition) is 0. The van der Waals surface area contributed by atoms with E-state index < -0.39 is 8.07 Å². The van der Waals surface area contributed by atoms with Crippen LogP contribution in [0.25, 0.3) is 0 Å². The molecule has 0 bridgehead atoms. The second-order valence-corrected chi connectivity index (χ2v) is 9.16. The Morgan fingerprint density at radius 2 is 1.16 bits per heavy atom. The Balaban J connectivity index is 4.62. The highest BCUT2D eigenvalue weighted by molar-refractivity contribution is 7.23. The Bertz CT molecular complexity index is 251. The van der Waals surface area contributed by atoms with Gasteiger partial charge < -0.3 is 9.47 Å². The van der Waals surface area contributed by atoms with E-state index in [0.717, 1.165) is 25.7 Å². The predicted molar refractivity (Wildman–Crippen MR) is 79.2 cm³/mol. The zero-order valence-corrected chi connectivity index (χ0v) is 13.8. The molecule has 0 fully saturated rings. The van der Waals surface area contributed by atoms with E-state index in [9.17, 15) is 9.59 Å². The van der Waals surface area contributed by atoms with Gasteiger partial charge in [-0.25, -0.2) is 0 Å². The maximum absolute atomic E-state index is 12.2. The number of rotatable bonds is 10. The second-order valence-electron chi connectivity index (χ2n) is 4.77. The molecule has 0 aliphatic heterocycles. The molecule has 0 N–H and O–H groups in total. The van der Waals surface area contributed by atoms with Crippen molar-refractivity contribution in [3.8, 4) is 0 Å². The Kier molecular flexibility index (Phi) is 9.56. The van der Waals surface area contributed by atoms with Crippen molar-refractivity contribution in [3.63, 3.8) is 0 Å². The van der Waals surface area contributed by atoms with Crippen LogP contribution in [0.15, 0.2) is 0 Å². The maximum atomic E-state index is 12.2. The number of carbonyl (C=O) groups excluding carboxylic acids is 2.